The van der Waals surface area contributed by atoms with Gasteiger partial charge in [-0.15, -0.1) is 5.10 Å². The van der Waals surface area contributed by atoms with E-state index in [9.17, 15) is 19.5 Å². The Balaban J connectivity index is 1.20. The maximum atomic E-state index is 14.4. The first-order valence-corrected chi connectivity index (χ1v) is 17.2. The fourth-order valence-electron chi connectivity index (χ4n) is 7.53. The summed E-state index contributed by atoms with van der Waals surface area (Å²) in [5, 5.41) is 24.2. The molecule has 260 valence electrons. The number of piperidine rings is 2. The molecule has 1 saturated carbocycles. The van der Waals surface area contributed by atoms with Gasteiger partial charge in [0.1, 0.15) is 12.2 Å². The number of aromatic nitrogens is 6. The molecule has 2 aliphatic heterocycles. The number of rotatable bonds is 8. The molecule has 3 unspecified atom stereocenters. The Kier molecular flexibility index (Phi) is 9.52. The van der Waals surface area contributed by atoms with Crippen LogP contribution >= 0.6 is 11.6 Å². The summed E-state index contributed by atoms with van der Waals surface area (Å²) >= 11 is 6.36. The maximum absolute atomic E-state index is 14.4. The molecule has 7 rings (SSSR count). The van der Waals surface area contributed by atoms with Crippen molar-refractivity contribution in [3.63, 3.8) is 0 Å². The van der Waals surface area contributed by atoms with E-state index in [1.807, 2.05) is 23.2 Å². The van der Waals surface area contributed by atoms with E-state index in [1.165, 1.54) is 23.0 Å². The molecular weight excluding hydrogens is 662 g/mol. The Labute approximate surface area is 293 Å². The van der Waals surface area contributed by atoms with Gasteiger partial charge in [-0.25, -0.2) is 14.6 Å². The molecule has 4 heterocycles. The molecule has 15 heteroatoms. The Bertz CT molecular complexity index is 1870. The quantitative estimate of drug-likeness (QED) is 0.189. The fraction of sp³-hybridized carbons (Fsp3) is 0.400. The maximum Gasteiger partial charge on any atom is 0.411 e. The van der Waals surface area contributed by atoms with Crippen LogP contribution in [0.25, 0.3) is 23.0 Å². The number of tetrazole rings is 1. The average molecular weight is 700 g/mol. The van der Waals surface area contributed by atoms with E-state index in [2.05, 4.69) is 30.6 Å². The van der Waals surface area contributed by atoms with Crippen LogP contribution in [0.5, 0.6) is 0 Å². The van der Waals surface area contributed by atoms with Crippen molar-refractivity contribution in [1.82, 2.24) is 40.0 Å². The summed E-state index contributed by atoms with van der Waals surface area (Å²) in [6.45, 7) is 1.55. The molecule has 3 amide bonds. The van der Waals surface area contributed by atoms with Crippen molar-refractivity contribution in [2.45, 2.75) is 38.1 Å². The zero-order chi connectivity index (χ0) is 34.8. The number of halogens is 1. The molecule has 3 N–H and O–H groups in total. The largest absolute Gasteiger partial charge is 0.465 e. The number of nitrogens with one attached hydrogen (secondary N) is 2. The molecule has 0 radical (unpaired) electrons. The third-order valence-electron chi connectivity index (χ3n) is 10.2. The summed E-state index contributed by atoms with van der Waals surface area (Å²) < 4.78 is 6.21. The van der Waals surface area contributed by atoms with E-state index >= 15 is 0 Å². The van der Waals surface area contributed by atoms with Crippen LogP contribution in [0, 0.1) is 23.7 Å². The van der Waals surface area contributed by atoms with Gasteiger partial charge in [-0.05, 0) is 103 Å². The number of benzene rings is 2. The smallest absolute Gasteiger partial charge is 0.411 e. The van der Waals surface area contributed by atoms with Gasteiger partial charge in [0.15, 0.2) is 0 Å². The number of ether oxygens (including phenoxy) is 1. The van der Waals surface area contributed by atoms with Crippen LogP contribution in [-0.4, -0.2) is 89.9 Å². The number of H-pyrrole nitrogens is 1. The first-order valence-electron chi connectivity index (χ1n) is 16.8. The zero-order valence-corrected chi connectivity index (χ0v) is 28.2. The second-order valence-electron chi connectivity index (χ2n) is 13.2. The zero-order valence-electron chi connectivity index (χ0n) is 27.5. The highest BCUT2D eigenvalue weighted by atomic mass is 35.5. The van der Waals surface area contributed by atoms with Gasteiger partial charge in [0.25, 0.3) is 0 Å². The molecular formula is C35H38ClN9O5. The van der Waals surface area contributed by atoms with E-state index in [-0.39, 0.29) is 23.8 Å². The first-order chi connectivity index (χ1) is 24.3. The van der Waals surface area contributed by atoms with Crippen LogP contribution in [0.15, 0.2) is 61.1 Å². The molecule has 0 bridgehead atoms. The van der Waals surface area contributed by atoms with Crippen molar-refractivity contribution in [3.05, 3.63) is 77.5 Å². The number of imidazole rings is 1. The number of aromatic amines is 1. The number of hydrogen-bond acceptors (Lipinski definition) is 8. The van der Waals surface area contributed by atoms with Gasteiger partial charge in [-0.3, -0.25) is 10.1 Å². The fourth-order valence-corrected chi connectivity index (χ4v) is 7.71. The van der Waals surface area contributed by atoms with Crippen molar-refractivity contribution in [2.75, 3.05) is 32.1 Å². The number of likely N-dealkylation sites (tertiary alicyclic amines) is 2. The Morgan fingerprint density at radius 2 is 1.82 bits per heavy atom. The van der Waals surface area contributed by atoms with Crippen LogP contribution in [0.2, 0.25) is 5.02 Å². The predicted octanol–water partition coefficient (Wildman–Crippen LogP) is 5.90. The minimum Gasteiger partial charge on any atom is -0.465 e. The van der Waals surface area contributed by atoms with Crippen molar-refractivity contribution in [2.24, 2.45) is 23.7 Å². The van der Waals surface area contributed by atoms with E-state index in [0.717, 1.165) is 49.2 Å². The normalized spacial score (nSPS) is 21.4. The highest BCUT2D eigenvalue weighted by molar-refractivity contribution is 6.30. The highest BCUT2D eigenvalue weighted by Crippen LogP contribution is 2.52. The number of hydrogen-bond donors (Lipinski definition) is 3. The lowest BCUT2D eigenvalue weighted by atomic mass is 9.72. The van der Waals surface area contributed by atoms with E-state index in [1.54, 1.807) is 42.5 Å². The standard InChI is InChI=1S/C35H38ClN9O5/c1-50-34(47)39-27-8-4-23(5-9-27)29-18-37-33(40-29)32-28(22-2-3-22)17-25(21-12-14-43(15-13-21)35(48)49)19-44(32)31(46)11-6-24-16-26(36)7-10-30(24)45-20-38-41-42-45/h4-11,16,18,20-22,25,28,32H,2-3,12-15,17,19H2,1H3,(H,37,40)(H,39,47)(H,48,49). The van der Waals surface area contributed by atoms with Crippen LogP contribution in [0.3, 0.4) is 0 Å². The minimum atomic E-state index is -0.880. The molecule has 2 saturated heterocycles. The molecule has 3 aliphatic rings. The predicted molar refractivity (Wildman–Crippen MR) is 184 cm³/mol. The number of carbonyl (C=O) groups excluding carboxylic acids is 2. The monoisotopic (exact) mass is 699 g/mol. The summed E-state index contributed by atoms with van der Waals surface area (Å²) in [7, 11) is 1.31. The SMILES string of the molecule is COC(=O)Nc1ccc(-c2c[nH]c(C3C(C4CC4)CC(C4CCN(C(=O)O)CC4)CN3C(=O)C=Cc3cc(Cl)ccc3-n3cnnn3)n2)cc1. The Hall–Kier alpha value is -5.24. The molecule has 0 spiro atoms. The van der Waals surface area contributed by atoms with Crippen LogP contribution in [-0.2, 0) is 9.53 Å². The second-order valence-corrected chi connectivity index (χ2v) is 13.6. The highest BCUT2D eigenvalue weighted by Gasteiger charge is 2.48. The Morgan fingerprint density at radius 3 is 2.50 bits per heavy atom. The van der Waals surface area contributed by atoms with Crippen LogP contribution < -0.4 is 5.32 Å². The van der Waals surface area contributed by atoms with Gasteiger partial charge in [-0.2, -0.15) is 4.68 Å². The molecule has 3 fully saturated rings. The van der Waals surface area contributed by atoms with Gasteiger partial charge in [0, 0.05) is 53.7 Å². The first kappa shape index (κ1) is 33.3. The molecule has 2 aromatic heterocycles. The number of amides is 3. The summed E-state index contributed by atoms with van der Waals surface area (Å²) in [6, 6.07) is 12.4. The summed E-state index contributed by atoms with van der Waals surface area (Å²) in [4.78, 5) is 49.6. The number of anilines is 1. The summed E-state index contributed by atoms with van der Waals surface area (Å²) in [5.41, 5.74) is 3.56. The van der Waals surface area contributed by atoms with Crippen LogP contribution in [0.4, 0.5) is 15.3 Å². The van der Waals surface area contributed by atoms with Gasteiger partial charge in [-0.1, -0.05) is 23.7 Å². The van der Waals surface area contributed by atoms with Crippen molar-refractivity contribution >= 4 is 41.5 Å². The van der Waals surface area contributed by atoms with Gasteiger partial charge < -0.3 is 24.6 Å². The van der Waals surface area contributed by atoms with E-state index in [4.69, 9.17) is 16.6 Å². The van der Waals surface area contributed by atoms with E-state index < -0.39 is 12.2 Å². The average Bonchev–Trinajstić information content (AvgIpc) is 3.60. The third kappa shape index (κ3) is 7.20. The van der Waals surface area contributed by atoms with Crippen molar-refractivity contribution in [3.8, 4) is 16.9 Å². The Morgan fingerprint density at radius 1 is 1.04 bits per heavy atom. The van der Waals surface area contributed by atoms with Gasteiger partial charge in [0.05, 0.1) is 24.5 Å². The molecule has 1 aliphatic carbocycles. The van der Waals surface area contributed by atoms with Gasteiger partial charge >= 0.3 is 12.2 Å². The lowest BCUT2D eigenvalue weighted by Gasteiger charge is -2.47. The lowest BCUT2D eigenvalue weighted by molar-refractivity contribution is -0.134. The van der Waals surface area contributed by atoms with E-state index in [0.29, 0.717) is 53.4 Å². The number of carboxylic acid groups (broad SMARTS) is 1. The topological polar surface area (TPSA) is 171 Å². The number of methoxy groups -OCH3 is 1. The third-order valence-corrected chi connectivity index (χ3v) is 10.5. The van der Waals surface area contributed by atoms with Crippen molar-refractivity contribution < 1.29 is 24.2 Å². The number of nitrogens with zero attached hydrogens (tertiary/aromatic N) is 7. The molecule has 4 aromatic rings. The molecule has 2 aromatic carbocycles. The van der Waals surface area contributed by atoms with Crippen LogP contribution in [0.1, 0.15) is 49.5 Å². The minimum absolute atomic E-state index is 0.146. The number of carbonyl (C=O) groups is 3. The summed E-state index contributed by atoms with van der Waals surface area (Å²) in [5.74, 6) is 1.79. The van der Waals surface area contributed by atoms with Crippen molar-refractivity contribution in [1.29, 1.82) is 0 Å². The van der Waals surface area contributed by atoms with Gasteiger partial charge in [0.2, 0.25) is 5.91 Å². The second kappa shape index (κ2) is 14.3. The molecule has 3 atom stereocenters. The molecule has 14 nitrogen and oxygen atoms in total. The molecule has 50 heavy (non-hydrogen) atoms. The summed E-state index contributed by atoms with van der Waals surface area (Å²) in [6.07, 6.45) is 9.96. The lowest BCUT2D eigenvalue weighted by Crippen LogP contribution is -2.50.